The van der Waals surface area contributed by atoms with Crippen molar-refractivity contribution in [3.63, 3.8) is 0 Å². The monoisotopic (exact) mass is 309 g/mol. The smallest absolute Gasteiger partial charge is 0.123 e. The SMILES string of the molecule is CCc1ccc(/C(=C\C#N)c2cc(OC)cc(OC)c2)cc1O. The van der Waals surface area contributed by atoms with Crippen molar-refractivity contribution in [2.24, 2.45) is 0 Å². The number of phenolic OH excluding ortho intramolecular Hbond substituents is 1. The molecule has 0 heterocycles. The number of hydrogen-bond acceptors (Lipinski definition) is 4. The van der Waals surface area contributed by atoms with E-state index in [-0.39, 0.29) is 5.75 Å². The van der Waals surface area contributed by atoms with Crippen LogP contribution in [0.15, 0.2) is 42.5 Å². The summed E-state index contributed by atoms with van der Waals surface area (Å²) in [7, 11) is 3.15. The van der Waals surface area contributed by atoms with E-state index in [1.807, 2.05) is 31.2 Å². The predicted octanol–water partition coefficient (Wildman–Crippen LogP) is 3.93. The van der Waals surface area contributed by atoms with Crippen LogP contribution in [0, 0.1) is 11.3 Å². The number of methoxy groups -OCH3 is 2. The summed E-state index contributed by atoms with van der Waals surface area (Å²) in [5.41, 5.74) is 3.11. The fourth-order valence-electron chi connectivity index (χ4n) is 2.39. The van der Waals surface area contributed by atoms with Gasteiger partial charge in [-0.3, -0.25) is 0 Å². The number of nitrogens with zero attached hydrogens (tertiary/aromatic N) is 1. The van der Waals surface area contributed by atoms with Gasteiger partial charge in [0.1, 0.15) is 17.2 Å². The van der Waals surface area contributed by atoms with Crippen LogP contribution in [0.25, 0.3) is 5.57 Å². The Balaban J connectivity index is 2.58. The van der Waals surface area contributed by atoms with E-state index in [1.165, 1.54) is 6.08 Å². The molecule has 0 spiro atoms. The molecule has 0 aliphatic heterocycles. The van der Waals surface area contributed by atoms with E-state index in [2.05, 4.69) is 6.07 Å². The minimum Gasteiger partial charge on any atom is -0.508 e. The van der Waals surface area contributed by atoms with Gasteiger partial charge in [-0.05, 0) is 46.9 Å². The lowest BCUT2D eigenvalue weighted by molar-refractivity contribution is 0.394. The number of phenols is 1. The summed E-state index contributed by atoms with van der Waals surface area (Å²) in [6.45, 7) is 1.98. The van der Waals surface area contributed by atoms with E-state index in [0.717, 1.165) is 23.1 Å². The molecule has 0 amide bonds. The number of hydrogen-bond donors (Lipinski definition) is 1. The molecule has 118 valence electrons. The molecular weight excluding hydrogens is 290 g/mol. The molecule has 0 fully saturated rings. The first-order valence-electron chi connectivity index (χ1n) is 7.28. The lowest BCUT2D eigenvalue weighted by Crippen LogP contribution is -1.94. The third-order valence-corrected chi connectivity index (χ3v) is 3.65. The Bertz CT molecular complexity index is 750. The molecule has 4 nitrogen and oxygen atoms in total. The molecule has 0 radical (unpaired) electrons. The summed E-state index contributed by atoms with van der Waals surface area (Å²) in [4.78, 5) is 0. The number of rotatable bonds is 5. The Labute approximate surface area is 136 Å². The fraction of sp³-hybridized carbons (Fsp3) is 0.211. The van der Waals surface area contributed by atoms with Crippen LogP contribution in [0.5, 0.6) is 17.2 Å². The molecule has 1 N–H and O–H groups in total. The summed E-state index contributed by atoms with van der Waals surface area (Å²) in [6.07, 6.45) is 2.20. The van der Waals surface area contributed by atoms with Gasteiger partial charge in [0, 0.05) is 12.1 Å². The molecule has 2 aromatic rings. The lowest BCUT2D eigenvalue weighted by Gasteiger charge is -2.12. The predicted molar refractivity (Wildman–Crippen MR) is 89.7 cm³/mol. The van der Waals surface area contributed by atoms with Gasteiger partial charge in [-0.2, -0.15) is 5.26 Å². The Morgan fingerprint density at radius 1 is 1.09 bits per heavy atom. The van der Waals surface area contributed by atoms with Crippen LogP contribution < -0.4 is 9.47 Å². The van der Waals surface area contributed by atoms with E-state index in [1.54, 1.807) is 26.4 Å². The summed E-state index contributed by atoms with van der Waals surface area (Å²) >= 11 is 0. The van der Waals surface area contributed by atoms with Crippen molar-refractivity contribution < 1.29 is 14.6 Å². The highest BCUT2D eigenvalue weighted by Gasteiger charge is 2.11. The Morgan fingerprint density at radius 3 is 2.22 bits per heavy atom. The molecule has 0 unspecified atom stereocenters. The van der Waals surface area contributed by atoms with Crippen LogP contribution in [0.4, 0.5) is 0 Å². The quantitative estimate of drug-likeness (QED) is 0.850. The van der Waals surface area contributed by atoms with Crippen LogP contribution in [0.2, 0.25) is 0 Å². The maximum atomic E-state index is 10.1. The third-order valence-electron chi connectivity index (χ3n) is 3.65. The van der Waals surface area contributed by atoms with Crippen molar-refractivity contribution in [2.45, 2.75) is 13.3 Å². The minimum absolute atomic E-state index is 0.226. The number of nitriles is 1. The van der Waals surface area contributed by atoms with Crippen molar-refractivity contribution in [1.29, 1.82) is 5.26 Å². The zero-order valence-corrected chi connectivity index (χ0v) is 13.5. The van der Waals surface area contributed by atoms with Crippen molar-refractivity contribution in [3.8, 4) is 23.3 Å². The molecule has 0 saturated carbocycles. The molecule has 0 bridgehead atoms. The fourth-order valence-corrected chi connectivity index (χ4v) is 2.39. The van der Waals surface area contributed by atoms with Gasteiger partial charge in [0.25, 0.3) is 0 Å². The molecule has 2 rings (SSSR count). The second-order valence-corrected chi connectivity index (χ2v) is 4.99. The van der Waals surface area contributed by atoms with Crippen LogP contribution in [0.1, 0.15) is 23.6 Å². The van der Waals surface area contributed by atoms with E-state index in [4.69, 9.17) is 14.7 Å². The number of aromatic hydroxyl groups is 1. The van der Waals surface area contributed by atoms with Crippen LogP contribution in [-0.4, -0.2) is 19.3 Å². The van der Waals surface area contributed by atoms with Crippen LogP contribution in [0.3, 0.4) is 0 Å². The van der Waals surface area contributed by atoms with Crippen molar-refractivity contribution >= 4 is 5.57 Å². The van der Waals surface area contributed by atoms with Crippen LogP contribution >= 0.6 is 0 Å². The molecule has 4 heteroatoms. The van der Waals surface area contributed by atoms with Crippen molar-refractivity contribution in [3.05, 3.63) is 59.2 Å². The zero-order valence-electron chi connectivity index (χ0n) is 13.5. The Hall–Kier alpha value is -2.93. The third kappa shape index (κ3) is 3.64. The Morgan fingerprint density at radius 2 is 1.74 bits per heavy atom. The van der Waals surface area contributed by atoms with Gasteiger partial charge >= 0.3 is 0 Å². The number of ether oxygens (including phenoxy) is 2. The highest BCUT2D eigenvalue weighted by Crippen LogP contribution is 2.32. The first-order chi connectivity index (χ1) is 11.1. The van der Waals surface area contributed by atoms with Gasteiger partial charge in [-0.25, -0.2) is 0 Å². The van der Waals surface area contributed by atoms with E-state index in [9.17, 15) is 5.11 Å². The topological polar surface area (TPSA) is 62.5 Å². The summed E-state index contributed by atoms with van der Waals surface area (Å²) < 4.78 is 10.6. The van der Waals surface area contributed by atoms with Gasteiger partial charge in [0.2, 0.25) is 0 Å². The van der Waals surface area contributed by atoms with E-state index >= 15 is 0 Å². The second-order valence-electron chi connectivity index (χ2n) is 4.99. The van der Waals surface area contributed by atoms with Crippen LogP contribution in [-0.2, 0) is 6.42 Å². The summed E-state index contributed by atoms with van der Waals surface area (Å²) in [5, 5.41) is 19.2. The Kier molecular flexibility index (Phi) is 5.27. The highest BCUT2D eigenvalue weighted by atomic mass is 16.5. The maximum Gasteiger partial charge on any atom is 0.123 e. The molecule has 23 heavy (non-hydrogen) atoms. The molecule has 0 aliphatic carbocycles. The molecular formula is C19H19NO3. The summed E-state index contributed by atoms with van der Waals surface area (Å²) in [6, 6.07) is 12.9. The van der Waals surface area contributed by atoms with Gasteiger partial charge in [-0.1, -0.05) is 19.1 Å². The number of aryl methyl sites for hydroxylation is 1. The molecule has 0 atom stereocenters. The first kappa shape index (κ1) is 16.4. The number of benzene rings is 2. The second kappa shape index (κ2) is 7.37. The van der Waals surface area contributed by atoms with Gasteiger partial charge in [0.15, 0.2) is 0 Å². The standard InChI is InChI=1S/C19H19NO3/c1-4-13-5-6-14(11-19(13)21)18(7-8-20)15-9-16(22-2)12-17(10-15)23-3/h5-7,9-12,21H,4H2,1-3H3/b18-7+. The molecule has 0 aromatic heterocycles. The minimum atomic E-state index is 0.226. The van der Waals surface area contributed by atoms with E-state index < -0.39 is 0 Å². The average Bonchev–Trinajstić information content (AvgIpc) is 2.59. The summed E-state index contributed by atoms with van der Waals surface area (Å²) in [5.74, 6) is 1.50. The van der Waals surface area contributed by atoms with Gasteiger partial charge < -0.3 is 14.6 Å². The largest absolute Gasteiger partial charge is 0.508 e. The maximum absolute atomic E-state index is 10.1. The van der Waals surface area contributed by atoms with Gasteiger partial charge in [-0.15, -0.1) is 0 Å². The normalized spacial score (nSPS) is 11.0. The number of allylic oxidation sites excluding steroid dienone is 1. The highest BCUT2D eigenvalue weighted by molar-refractivity contribution is 5.83. The van der Waals surface area contributed by atoms with E-state index in [0.29, 0.717) is 17.1 Å². The molecule has 0 aliphatic rings. The van der Waals surface area contributed by atoms with Crippen molar-refractivity contribution in [2.75, 3.05) is 14.2 Å². The average molecular weight is 309 g/mol. The van der Waals surface area contributed by atoms with Gasteiger partial charge in [0.05, 0.1) is 20.3 Å². The molecule has 2 aromatic carbocycles. The zero-order chi connectivity index (χ0) is 16.8. The molecule has 0 saturated heterocycles. The first-order valence-corrected chi connectivity index (χ1v) is 7.28. The van der Waals surface area contributed by atoms with Crippen molar-refractivity contribution in [1.82, 2.24) is 0 Å². The lowest BCUT2D eigenvalue weighted by atomic mass is 9.95.